The highest BCUT2D eigenvalue weighted by Crippen LogP contribution is 2.23. The number of nitrogens with one attached hydrogen (secondary N) is 1. The van der Waals surface area contributed by atoms with E-state index in [1.54, 1.807) is 6.92 Å². The molecule has 0 aliphatic carbocycles. The van der Waals surface area contributed by atoms with Gasteiger partial charge in [-0.3, -0.25) is 9.69 Å². The first-order chi connectivity index (χ1) is 10.7. The molecule has 0 spiro atoms. The predicted molar refractivity (Wildman–Crippen MR) is 90.8 cm³/mol. The van der Waals surface area contributed by atoms with Gasteiger partial charge in [-0.2, -0.15) is 0 Å². The van der Waals surface area contributed by atoms with Crippen LogP contribution in [0.4, 0.5) is 5.69 Å². The van der Waals surface area contributed by atoms with Crippen LogP contribution >= 0.6 is 0 Å². The quantitative estimate of drug-likeness (QED) is 0.872. The third kappa shape index (κ3) is 4.76. The molecule has 2 rings (SSSR count). The number of hydrogen-bond donors (Lipinski definition) is 2. The Hall–Kier alpha value is -1.44. The molecule has 0 radical (unpaired) electrons. The lowest BCUT2D eigenvalue weighted by Gasteiger charge is -2.30. The molecular weight excluding hydrogens is 314 g/mol. The number of nitrogens with two attached hydrogens (primary N) is 1. The number of amides is 1. The molecule has 1 fully saturated rings. The van der Waals surface area contributed by atoms with Gasteiger partial charge in [-0.1, -0.05) is 6.92 Å². The van der Waals surface area contributed by atoms with Crippen LogP contribution in [0.15, 0.2) is 17.0 Å². The second-order valence-corrected chi connectivity index (χ2v) is 8.05. The molecule has 0 saturated carbocycles. The van der Waals surface area contributed by atoms with E-state index in [0.717, 1.165) is 30.6 Å². The van der Waals surface area contributed by atoms with Crippen LogP contribution in [0, 0.1) is 19.8 Å². The minimum Gasteiger partial charge on any atom is -0.325 e. The van der Waals surface area contributed by atoms with E-state index in [9.17, 15) is 13.2 Å². The average Bonchev–Trinajstić information content (AvgIpc) is 2.42. The molecule has 1 aromatic rings. The fraction of sp³-hybridized carbons (Fsp3) is 0.562. The van der Waals surface area contributed by atoms with Crippen molar-refractivity contribution in [2.45, 2.75) is 38.5 Å². The minimum absolute atomic E-state index is 0.0162. The van der Waals surface area contributed by atoms with Crippen molar-refractivity contribution in [1.29, 1.82) is 0 Å². The number of hydrogen-bond acceptors (Lipinski definition) is 4. The highest BCUT2D eigenvalue weighted by molar-refractivity contribution is 7.89. The Morgan fingerprint density at radius 1 is 1.39 bits per heavy atom. The Morgan fingerprint density at radius 3 is 2.70 bits per heavy atom. The van der Waals surface area contributed by atoms with Gasteiger partial charge in [-0.05, 0) is 62.4 Å². The summed E-state index contributed by atoms with van der Waals surface area (Å²) in [6, 6.07) is 2.95. The zero-order valence-corrected chi connectivity index (χ0v) is 14.7. The molecule has 1 saturated heterocycles. The van der Waals surface area contributed by atoms with Gasteiger partial charge in [0, 0.05) is 12.2 Å². The summed E-state index contributed by atoms with van der Waals surface area (Å²) < 4.78 is 23.1. The molecule has 1 aliphatic heterocycles. The third-order valence-electron chi connectivity index (χ3n) is 4.35. The largest absolute Gasteiger partial charge is 0.325 e. The summed E-state index contributed by atoms with van der Waals surface area (Å²) in [5, 5.41) is 8.02. The van der Waals surface area contributed by atoms with Gasteiger partial charge in [-0.15, -0.1) is 0 Å². The van der Waals surface area contributed by atoms with Crippen LogP contribution in [0.1, 0.15) is 30.9 Å². The summed E-state index contributed by atoms with van der Waals surface area (Å²) >= 11 is 0. The number of sulfonamides is 1. The summed E-state index contributed by atoms with van der Waals surface area (Å²) in [4.78, 5) is 14.4. The summed E-state index contributed by atoms with van der Waals surface area (Å²) in [7, 11) is -3.80. The van der Waals surface area contributed by atoms with Gasteiger partial charge in [0.25, 0.3) is 0 Å². The first-order valence-electron chi connectivity index (χ1n) is 7.83. The maximum Gasteiger partial charge on any atom is 0.238 e. The van der Waals surface area contributed by atoms with Crippen LogP contribution in [0.25, 0.3) is 0 Å². The normalized spacial score (nSPS) is 19.6. The van der Waals surface area contributed by atoms with Gasteiger partial charge in [0.05, 0.1) is 11.4 Å². The van der Waals surface area contributed by atoms with Gasteiger partial charge >= 0.3 is 0 Å². The third-order valence-corrected chi connectivity index (χ3v) is 5.24. The second kappa shape index (κ2) is 6.98. The monoisotopic (exact) mass is 339 g/mol. The number of carbonyl (C=O) groups excluding carboxylic acids is 1. The topological polar surface area (TPSA) is 92.5 Å². The molecule has 128 valence electrons. The number of aryl methyl sites for hydroxylation is 1. The predicted octanol–water partition coefficient (Wildman–Crippen LogP) is 1.62. The van der Waals surface area contributed by atoms with Crippen molar-refractivity contribution in [3.63, 3.8) is 0 Å². The molecule has 7 heteroatoms. The summed E-state index contributed by atoms with van der Waals surface area (Å²) in [5.74, 6) is 0.472. The summed E-state index contributed by atoms with van der Waals surface area (Å²) in [6.45, 7) is 8.00. The van der Waals surface area contributed by atoms with Crippen LogP contribution in [-0.4, -0.2) is 38.9 Å². The molecule has 1 atom stereocenters. The van der Waals surface area contributed by atoms with Crippen molar-refractivity contribution >= 4 is 21.6 Å². The number of primary sulfonamides is 1. The van der Waals surface area contributed by atoms with Gasteiger partial charge in [-0.25, -0.2) is 13.6 Å². The van der Waals surface area contributed by atoms with E-state index in [0.29, 0.717) is 18.2 Å². The molecule has 1 amide bonds. The van der Waals surface area contributed by atoms with Crippen molar-refractivity contribution in [1.82, 2.24) is 4.90 Å². The first-order valence-corrected chi connectivity index (χ1v) is 9.37. The number of carbonyl (C=O) groups is 1. The number of benzene rings is 1. The molecule has 1 aliphatic rings. The molecule has 6 nitrogen and oxygen atoms in total. The summed E-state index contributed by atoms with van der Waals surface area (Å²) in [5.41, 5.74) is 2.13. The van der Waals surface area contributed by atoms with E-state index in [4.69, 9.17) is 5.14 Å². The Labute approximate surface area is 138 Å². The highest BCUT2D eigenvalue weighted by atomic mass is 32.2. The molecule has 0 bridgehead atoms. The first kappa shape index (κ1) is 17.9. The zero-order chi connectivity index (χ0) is 17.2. The fourth-order valence-corrected chi connectivity index (χ4v) is 3.57. The standard InChI is InChI=1S/C16H25N3O3S/c1-11-5-4-6-19(9-11)10-16(20)18-15-8-14(23(17,21)22)7-12(2)13(15)3/h7-8,11H,4-6,9-10H2,1-3H3,(H,18,20)(H2,17,21,22)/t11-/m0/s1. The lowest BCUT2D eigenvalue weighted by Crippen LogP contribution is -2.39. The number of anilines is 1. The van der Waals surface area contributed by atoms with E-state index < -0.39 is 10.0 Å². The maximum atomic E-state index is 12.3. The minimum atomic E-state index is -3.80. The van der Waals surface area contributed by atoms with Crippen molar-refractivity contribution < 1.29 is 13.2 Å². The fourth-order valence-electron chi connectivity index (χ4n) is 2.94. The average molecular weight is 339 g/mol. The van der Waals surface area contributed by atoms with E-state index in [-0.39, 0.29) is 10.8 Å². The molecule has 23 heavy (non-hydrogen) atoms. The van der Waals surface area contributed by atoms with E-state index in [1.807, 2.05) is 6.92 Å². The van der Waals surface area contributed by atoms with Crippen molar-refractivity contribution in [2.75, 3.05) is 25.0 Å². The van der Waals surface area contributed by atoms with Gasteiger partial charge in [0.2, 0.25) is 15.9 Å². The van der Waals surface area contributed by atoms with Crippen LogP contribution in [0.2, 0.25) is 0 Å². The lowest BCUT2D eigenvalue weighted by atomic mass is 10.0. The van der Waals surface area contributed by atoms with Crippen molar-refractivity contribution in [3.05, 3.63) is 23.3 Å². The van der Waals surface area contributed by atoms with Crippen LogP contribution < -0.4 is 10.5 Å². The Kier molecular flexibility index (Phi) is 5.44. The van der Waals surface area contributed by atoms with Crippen molar-refractivity contribution in [2.24, 2.45) is 11.1 Å². The van der Waals surface area contributed by atoms with Gasteiger partial charge in [0.15, 0.2) is 0 Å². The van der Waals surface area contributed by atoms with Gasteiger partial charge < -0.3 is 5.32 Å². The SMILES string of the molecule is Cc1cc(S(N)(=O)=O)cc(NC(=O)CN2CCC[C@H](C)C2)c1C. The van der Waals surface area contributed by atoms with E-state index in [1.165, 1.54) is 18.6 Å². The molecule has 0 unspecified atom stereocenters. The van der Waals surface area contributed by atoms with Crippen molar-refractivity contribution in [3.8, 4) is 0 Å². The molecule has 0 aromatic heterocycles. The number of piperidine rings is 1. The van der Waals surface area contributed by atoms with Crippen LogP contribution in [0.3, 0.4) is 0 Å². The molecule has 1 heterocycles. The maximum absolute atomic E-state index is 12.3. The lowest BCUT2D eigenvalue weighted by molar-refractivity contribution is -0.117. The molecular formula is C16H25N3O3S. The molecule has 3 N–H and O–H groups in total. The number of likely N-dealkylation sites (tertiary alicyclic amines) is 1. The highest BCUT2D eigenvalue weighted by Gasteiger charge is 2.19. The Morgan fingerprint density at radius 2 is 2.09 bits per heavy atom. The zero-order valence-electron chi connectivity index (χ0n) is 13.9. The van der Waals surface area contributed by atoms with E-state index in [2.05, 4.69) is 17.1 Å². The van der Waals surface area contributed by atoms with Crippen LogP contribution in [0.5, 0.6) is 0 Å². The molecule has 1 aromatic carbocycles. The van der Waals surface area contributed by atoms with Gasteiger partial charge in [0.1, 0.15) is 0 Å². The Bertz CT molecular complexity index is 701. The summed E-state index contributed by atoms with van der Waals surface area (Å²) in [6.07, 6.45) is 2.31. The second-order valence-electron chi connectivity index (χ2n) is 6.49. The van der Waals surface area contributed by atoms with E-state index >= 15 is 0 Å². The Balaban J connectivity index is 2.12. The number of nitrogens with zero attached hydrogens (tertiary/aromatic N) is 1. The van der Waals surface area contributed by atoms with Crippen LogP contribution in [-0.2, 0) is 14.8 Å². The smallest absolute Gasteiger partial charge is 0.238 e. The number of rotatable bonds is 4.